The van der Waals surface area contributed by atoms with Gasteiger partial charge in [0.15, 0.2) is 0 Å². The van der Waals surface area contributed by atoms with Crippen LogP contribution in [-0.4, -0.2) is 37.3 Å². The molecular formula is C22H29NO5. The van der Waals surface area contributed by atoms with Crippen LogP contribution < -0.4 is 0 Å². The van der Waals surface area contributed by atoms with Crippen LogP contribution in [0, 0.1) is 18.3 Å². The van der Waals surface area contributed by atoms with Crippen molar-refractivity contribution in [3.05, 3.63) is 34.9 Å². The van der Waals surface area contributed by atoms with Crippen LogP contribution in [0.5, 0.6) is 0 Å². The predicted molar refractivity (Wildman–Crippen MR) is 105 cm³/mol. The third kappa shape index (κ3) is 3.97. The summed E-state index contributed by atoms with van der Waals surface area (Å²) >= 11 is 0. The van der Waals surface area contributed by atoms with E-state index in [4.69, 9.17) is 18.9 Å². The van der Waals surface area contributed by atoms with Crippen molar-refractivity contribution in [2.75, 3.05) is 19.8 Å². The molecule has 152 valence electrons. The molecule has 0 amide bonds. The Labute approximate surface area is 166 Å². The summed E-state index contributed by atoms with van der Waals surface area (Å²) in [7, 11) is 0. The molecule has 0 aromatic carbocycles. The molecule has 2 unspecified atom stereocenters. The molecule has 6 heteroatoms. The maximum atomic E-state index is 13.2. The standard InChI is InChI=1S/C22H29NO5/c1-6-26-12-15-19(21(25)27-7-2)20(17-9-8-13(3)28-17)18-14(23-15)10-22(4,5)11-16(18)24/h8-9,18,20H,6-7,10-12H2,1-5H3. The maximum absolute atomic E-state index is 13.2. The lowest BCUT2D eigenvalue weighted by Gasteiger charge is -2.40. The van der Waals surface area contributed by atoms with Crippen LogP contribution >= 0.6 is 0 Å². The van der Waals surface area contributed by atoms with E-state index in [0.29, 0.717) is 36.5 Å². The highest BCUT2D eigenvalue weighted by Gasteiger charge is 2.49. The summed E-state index contributed by atoms with van der Waals surface area (Å²) < 4.78 is 16.8. The second-order valence-corrected chi connectivity index (χ2v) is 8.21. The van der Waals surface area contributed by atoms with Crippen LogP contribution in [0.3, 0.4) is 0 Å². The number of esters is 1. The molecule has 1 aliphatic heterocycles. The number of fused-ring (bicyclic) bond motifs is 1. The smallest absolute Gasteiger partial charge is 0.336 e. The van der Waals surface area contributed by atoms with Crippen LogP contribution in [0.25, 0.3) is 0 Å². The number of ether oxygens (including phenoxy) is 2. The Hall–Kier alpha value is -2.21. The Kier molecular flexibility index (Phi) is 5.89. The first-order chi connectivity index (χ1) is 13.3. The monoisotopic (exact) mass is 387 g/mol. The summed E-state index contributed by atoms with van der Waals surface area (Å²) in [5.41, 5.74) is 1.57. The summed E-state index contributed by atoms with van der Waals surface area (Å²) in [6.07, 6.45) is 1.15. The Morgan fingerprint density at radius 2 is 1.96 bits per heavy atom. The van der Waals surface area contributed by atoms with Gasteiger partial charge in [-0.2, -0.15) is 0 Å². The van der Waals surface area contributed by atoms with Gasteiger partial charge in [-0.15, -0.1) is 0 Å². The fourth-order valence-corrected chi connectivity index (χ4v) is 4.19. The van der Waals surface area contributed by atoms with Gasteiger partial charge >= 0.3 is 5.97 Å². The van der Waals surface area contributed by atoms with Gasteiger partial charge in [0.05, 0.1) is 36.3 Å². The van der Waals surface area contributed by atoms with Crippen LogP contribution in [-0.2, 0) is 19.1 Å². The van der Waals surface area contributed by atoms with Crippen LogP contribution in [0.2, 0.25) is 0 Å². The first-order valence-corrected chi connectivity index (χ1v) is 9.91. The van der Waals surface area contributed by atoms with E-state index in [1.54, 1.807) is 6.92 Å². The number of ketones is 1. The van der Waals surface area contributed by atoms with Gasteiger partial charge in [0.25, 0.3) is 0 Å². The molecule has 2 aliphatic rings. The Morgan fingerprint density at radius 3 is 2.57 bits per heavy atom. The zero-order valence-corrected chi connectivity index (χ0v) is 17.3. The van der Waals surface area contributed by atoms with Crippen LogP contribution in [0.4, 0.5) is 0 Å². The number of carbonyl (C=O) groups is 2. The number of hydrogen-bond donors (Lipinski definition) is 0. The van der Waals surface area contributed by atoms with E-state index in [1.807, 2.05) is 26.0 Å². The molecule has 28 heavy (non-hydrogen) atoms. The summed E-state index contributed by atoms with van der Waals surface area (Å²) in [4.78, 5) is 30.8. The average molecular weight is 387 g/mol. The number of aryl methyl sites for hydroxylation is 1. The highest BCUT2D eigenvalue weighted by atomic mass is 16.5. The summed E-state index contributed by atoms with van der Waals surface area (Å²) in [6.45, 7) is 10.6. The van der Waals surface area contributed by atoms with Crippen molar-refractivity contribution in [1.82, 2.24) is 0 Å². The molecule has 6 nitrogen and oxygen atoms in total. The molecule has 1 fully saturated rings. The zero-order valence-electron chi connectivity index (χ0n) is 17.3. The SMILES string of the molecule is CCOCC1=C(C(=O)OCC)C(c2ccc(C)o2)C2C(=O)CC(C)(C)CC2=N1. The van der Waals surface area contributed by atoms with Gasteiger partial charge in [0.2, 0.25) is 0 Å². The molecule has 0 N–H and O–H groups in total. The normalized spacial score (nSPS) is 24.0. The average Bonchev–Trinajstić information content (AvgIpc) is 3.03. The molecule has 1 saturated carbocycles. The third-order valence-electron chi connectivity index (χ3n) is 5.26. The summed E-state index contributed by atoms with van der Waals surface area (Å²) in [5, 5.41) is 0. The molecule has 0 radical (unpaired) electrons. The van der Waals surface area contributed by atoms with Gasteiger partial charge in [-0.3, -0.25) is 9.79 Å². The minimum Gasteiger partial charge on any atom is -0.466 e. The van der Waals surface area contributed by atoms with Crippen LogP contribution in [0.15, 0.2) is 32.8 Å². The summed E-state index contributed by atoms with van der Waals surface area (Å²) in [5.74, 6) is -0.0668. The molecule has 2 atom stereocenters. The molecule has 1 aromatic rings. The van der Waals surface area contributed by atoms with Crippen molar-refractivity contribution < 1.29 is 23.5 Å². The first-order valence-electron chi connectivity index (χ1n) is 9.91. The van der Waals surface area contributed by atoms with Gasteiger partial charge in [-0.05, 0) is 44.7 Å². The second-order valence-electron chi connectivity index (χ2n) is 8.21. The van der Waals surface area contributed by atoms with Gasteiger partial charge in [0, 0.05) is 18.7 Å². The van der Waals surface area contributed by atoms with E-state index in [2.05, 4.69) is 13.8 Å². The Morgan fingerprint density at radius 1 is 1.21 bits per heavy atom. The van der Waals surface area contributed by atoms with Gasteiger partial charge in [0.1, 0.15) is 17.3 Å². The van der Waals surface area contributed by atoms with Crippen LogP contribution in [0.1, 0.15) is 58.0 Å². The number of hydrogen-bond acceptors (Lipinski definition) is 6. The molecule has 0 saturated heterocycles. The lowest BCUT2D eigenvalue weighted by Crippen LogP contribution is -2.44. The second kappa shape index (κ2) is 8.03. The quantitative estimate of drug-likeness (QED) is 0.690. The minimum atomic E-state index is -0.528. The topological polar surface area (TPSA) is 78.1 Å². The van der Waals surface area contributed by atoms with Crippen molar-refractivity contribution >= 4 is 17.5 Å². The van der Waals surface area contributed by atoms with E-state index in [0.717, 1.165) is 11.5 Å². The van der Waals surface area contributed by atoms with E-state index < -0.39 is 17.8 Å². The van der Waals surface area contributed by atoms with E-state index in [1.165, 1.54) is 0 Å². The predicted octanol–water partition coefficient (Wildman–Crippen LogP) is 3.99. The minimum absolute atomic E-state index is 0.0892. The number of furan rings is 1. The van der Waals surface area contributed by atoms with Gasteiger partial charge in [-0.25, -0.2) is 4.79 Å². The van der Waals surface area contributed by atoms with E-state index in [-0.39, 0.29) is 24.4 Å². The summed E-state index contributed by atoms with van der Waals surface area (Å²) in [6, 6.07) is 3.69. The van der Waals surface area contributed by atoms with Gasteiger partial charge < -0.3 is 13.9 Å². The molecule has 0 bridgehead atoms. The van der Waals surface area contributed by atoms with Crippen molar-refractivity contribution in [2.24, 2.45) is 16.3 Å². The zero-order chi connectivity index (χ0) is 20.5. The molecule has 0 spiro atoms. The molecule has 1 aromatic heterocycles. The first kappa shape index (κ1) is 20.5. The largest absolute Gasteiger partial charge is 0.466 e. The molecule has 1 aliphatic carbocycles. The van der Waals surface area contributed by atoms with E-state index in [9.17, 15) is 9.59 Å². The number of Topliss-reactive ketones (excluding diaryl/α,β-unsaturated/α-hetero) is 1. The highest BCUT2D eigenvalue weighted by Crippen LogP contribution is 2.47. The lowest BCUT2D eigenvalue weighted by molar-refractivity contribution is -0.139. The number of aliphatic imine (C=N–C) groups is 1. The highest BCUT2D eigenvalue weighted by molar-refractivity contribution is 6.12. The number of rotatable bonds is 6. The molecule has 2 heterocycles. The number of nitrogens with zero attached hydrogens (tertiary/aromatic N) is 1. The van der Waals surface area contributed by atoms with Crippen molar-refractivity contribution in [3.8, 4) is 0 Å². The maximum Gasteiger partial charge on any atom is 0.336 e. The number of carbonyl (C=O) groups excluding carboxylic acids is 2. The molecular weight excluding hydrogens is 358 g/mol. The van der Waals surface area contributed by atoms with E-state index >= 15 is 0 Å². The van der Waals surface area contributed by atoms with Crippen molar-refractivity contribution in [1.29, 1.82) is 0 Å². The fraction of sp³-hybridized carbons (Fsp3) is 0.591. The van der Waals surface area contributed by atoms with Gasteiger partial charge in [-0.1, -0.05) is 13.8 Å². The van der Waals surface area contributed by atoms with Crippen molar-refractivity contribution in [2.45, 2.75) is 53.4 Å². The third-order valence-corrected chi connectivity index (χ3v) is 5.26. The Bertz CT molecular complexity index is 830. The lowest BCUT2D eigenvalue weighted by atomic mass is 9.64. The fourth-order valence-electron chi connectivity index (χ4n) is 4.19. The Balaban J connectivity index is 2.18. The molecule has 3 rings (SSSR count). The van der Waals surface area contributed by atoms with Crippen molar-refractivity contribution in [3.63, 3.8) is 0 Å².